The van der Waals surface area contributed by atoms with E-state index in [2.05, 4.69) is 9.71 Å². The van der Waals surface area contributed by atoms with E-state index in [0.717, 1.165) is 24.0 Å². The maximum absolute atomic E-state index is 12.2. The lowest BCUT2D eigenvalue weighted by Gasteiger charge is -2.08. The summed E-state index contributed by atoms with van der Waals surface area (Å²) in [4.78, 5) is 4.29. The van der Waals surface area contributed by atoms with Crippen LogP contribution < -0.4 is 4.72 Å². The summed E-state index contributed by atoms with van der Waals surface area (Å²) in [7, 11) is -3.58. The van der Waals surface area contributed by atoms with Gasteiger partial charge in [-0.15, -0.1) is 0 Å². The van der Waals surface area contributed by atoms with E-state index in [1.54, 1.807) is 24.4 Å². The molecule has 0 saturated carbocycles. The molecular formula is C15H18N2O2S. The van der Waals surface area contributed by atoms with E-state index < -0.39 is 10.0 Å². The van der Waals surface area contributed by atoms with E-state index in [0.29, 0.717) is 5.82 Å². The lowest BCUT2D eigenvalue weighted by Crippen LogP contribution is -2.14. The molecule has 1 aromatic carbocycles. The van der Waals surface area contributed by atoms with Crippen LogP contribution in [0.25, 0.3) is 0 Å². The second kappa shape index (κ2) is 6.05. The highest BCUT2D eigenvalue weighted by Crippen LogP contribution is 2.16. The molecule has 4 nitrogen and oxygen atoms in total. The predicted molar refractivity (Wildman–Crippen MR) is 80.2 cm³/mol. The van der Waals surface area contributed by atoms with Gasteiger partial charge in [0.2, 0.25) is 0 Å². The highest BCUT2D eigenvalue weighted by atomic mass is 32.2. The van der Waals surface area contributed by atoms with Crippen LogP contribution in [0.3, 0.4) is 0 Å². The van der Waals surface area contributed by atoms with Gasteiger partial charge in [0.15, 0.2) is 0 Å². The number of pyridine rings is 1. The number of sulfonamides is 1. The van der Waals surface area contributed by atoms with Gasteiger partial charge >= 0.3 is 0 Å². The first kappa shape index (κ1) is 14.5. The van der Waals surface area contributed by atoms with Crippen molar-refractivity contribution in [3.8, 4) is 0 Å². The summed E-state index contributed by atoms with van der Waals surface area (Å²) in [6, 6.07) is 10.5. The van der Waals surface area contributed by atoms with Gasteiger partial charge in [-0.2, -0.15) is 0 Å². The fourth-order valence-electron chi connectivity index (χ4n) is 1.85. The Morgan fingerprint density at radius 3 is 2.25 bits per heavy atom. The van der Waals surface area contributed by atoms with Crippen molar-refractivity contribution in [3.63, 3.8) is 0 Å². The summed E-state index contributed by atoms with van der Waals surface area (Å²) in [6.45, 7) is 4.04. The molecule has 0 aliphatic rings. The van der Waals surface area contributed by atoms with E-state index in [9.17, 15) is 8.42 Å². The highest BCUT2D eigenvalue weighted by molar-refractivity contribution is 7.92. The van der Waals surface area contributed by atoms with Gasteiger partial charge in [-0.1, -0.05) is 26.0 Å². The number of nitrogens with zero attached hydrogens (tertiary/aromatic N) is 1. The van der Waals surface area contributed by atoms with Crippen molar-refractivity contribution in [2.45, 2.75) is 31.6 Å². The molecule has 0 aliphatic heterocycles. The smallest absolute Gasteiger partial charge is 0.263 e. The minimum Gasteiger partial charge on any atom is -0.263 e. The molecule has 0 unspecified atom stereocenters. The van der Waals surface area contributed by atoms with E-state index in [-0.39, 0.29) is 4.90 Å². The lowest BCUT2D eigenvalue weighted by atomic mass is 10.2. The summed E-state index contributed by atoms with van der Waals surface area (Å²) in [5, 5.41) is 0. The van der Waals surface area contributed by atoms with Crippen molar-refractivity contribution in [1.29, 1.82) is 0 Å². The number of aromatic nitrogens is 1. The standard InChI is InChI=1S/C15H18N2O2S/c1-3-12-5-7-14(8-6-12)20(18,19)17-15-11-13(4-2)9-10-16-15/h5-11H,3-4H2,1-2H3,(H,16,17). The summed E-state index contributed by atoms with van der Waals surface area (Å²) >= 11 is 0. The zero-order chi connectivity index (χ0) is 14.6. The normalized spacial score (nSPS) is 11.3. The molecular weight excluding hydrogens is 272 g/mol. The van der Waals surface area contributed by atoms with Gasteiger partial charge in [0, 0.05) is 6.20 Å². The summed E-state index contributed by atoms with van der Waals surface area (Å²) in [5.41, 5.74) is 2.15. The van der Waals surface area contributed by atoms with Gasteiger partial charge in [0.25, 0.3) is 10.0 Å². The Balaban J connectivity index is 2.25. The SMILES string of the molecule is CCc1ccc(S(=O)(=O)Nc2cc(CC)ccn2)cc1. The zero-order valence-corrected chi connectivity index (χ0v) is 12.4. The first-order valence-electron chi connectivity index (χ1n) is 6.62. The van der Waals surface area contributed by atoms with Gasteiger partial charge < -0.3 is 0 Å². The van der Waals surface area contributed by atoms with Crippen LogP contribution in [0.1, 0.15) is 25.0 Å². The molecule has 2 aromatic rings. The van der Waals surface area contributed by atoms with E-state index in [4.69, 9.17) is 0 Å². The van der Waals surface area contributed by atoms with Crippen molar-refractivity contribution < 1.29 is 8.42 Å². The van der Waals surface area contributed by atoms with Crippen molar-refractivity contribution in [2.75, 3.05) is 4.72 Å². The van der Waals surface area contributed by atoms with Gasteiger partial charge in [-0.25, -0.2) is 13.4 Å². The molecule has 1 N–H and O–H groups in total. The van der Waals surface area contributed by atoms with Crippen molar-refractivity contribution in [2.24, 2.45) is 0 Å². The Labute approximate surface area is 119 Å². The maximum Gasteiger partial charge on any atom is 0.263 e. The number of hydrogen-bond acceptors (Lipinski definition) is 3. The number of rotatable bonds is 5. The van der Waals surface area contributed by atoms with Crippen molar-refractivity contribution in [3.05, 3.63) is 53.7 Å². The third kappa shape index (κ3) is 3.36. The number of benzene rings is 1. The predicted octanol–water partition coefficient (Wildman–Crippen LogP) is 3.01. The molecule has 1 heterocycles. The average molecular weight is 290 g/mol. The van der Waals surface area contributed by atoms with Crippen LogP contribution >= 0.6 is 0 Å². The number of anilines is 1. The molecule has 0 fully saturated rings. The highest BCUT2D eigenvalue weighted by Gasteiger charge is 2.14. The minimum atomic E-state index is -3.58. The molecule has 0 saturated heterocycles. The fourth-order valence-corrected chi connectivity index (χ4v) is 2.85. The molecule has 0 spiro atoms. The molecule has 106 valence electrons. The molecule has 0 radical (unpaired) electrons. The summed E-state index contributed by atoms with van der Waals surface area (Å²) in [5.74, 6) is 0.351. The molecule has 20 heavy (non-hydrogen) atoms. The number of aryl methyl sites for hydroxylation is 2. The van der Waals surface area contributed by atoms with E-state index >= 15 is 0 Å². The monoisotopic (exact) mass is 290 g/mol. The van der Waals surface area contributed by atoms with Crippen LogP contribution in [0.5, 0.6) is 0 Å². The van der Waals surface area contributed by atoms with Gasteiger partial charge in [-0.3, -0.25) is 4.72 Å². The van der Waals surface area contributed by atoms with E-state index in [1.807, 2.05) is 32.0 Å². The Bertz CT molecular complexity index is 679. The molecule has 0 amide bonds. The Kier molecular flexibility index (Phi) is 4.39. The third-order valence-corrected chi connectivity index (χ3v) is 4.48. The average Bonchev–Trinajstić information content (AvgIpc) is 2.47. The Morgan fingerprint density at radius 1 is 1.00 bits per heavy atom. The Hall–Kier alpha value is -1.88. The van der Waals surface area contributed by atoms with Crippen molar-refractivity contribution in [1.82, 2.24) is 4.98 Å². The van der Waals surface area contributed by atoms with Crippen molar-refractivity contribution >= 4 is 15.8 Å². The van der Waals surface area contributed by atoms with Gasteiger partial charge in [-0.05, 0) is 48.2 Å². The van der Waals surface area contributed by atoms with E-state index in [1.165, 1.54) is 0 Å². The largest absolute Gasteiger partial charge is 0.263 e. The van der Waals surface area contributed by atoms with Gasteiger partial charge in [0.1, 0.15) is 5.82 Å². The maximum atomic E-state index is 12.2. The zero-order valence-electron chi connectivity index (χ0n) is 11.6. The molecule has 5 heteroatoms. The molecule has 1 aromatic heterocycles. The quantitative estimate of drug-likeness (QED) is 0.921. The minimum absolute atomic E-state index is 0.249. The molecule has 0 atom stereocenters. The van der Waals surface area contributed by atoms with Crippen LogP contribution in [0.2, 0.25) is 0 Å². The fraction of sp³-hybridized carbons (Fsp3) is 0.267. The number of nitrogens with one attached hydrogen (secondary N) is 1. The topological polar surface area (TPSA) is 59.1 Å². The molecule has 2 rings (SSSR count). The Morgan fingerprint density at radius 2 is 1.65 bits per heavy atom. The number of hydrogen-bond donors (Lipinski definition) is 1. The first-order chi connectivity index (χ1) is 9.55. The van der Waals surface area contributed by atoms with Crippen LogP contribution in [0, 0.1) is 0 Å². The summed E-state index contributed by atoms with van der Waals surface area (Å²) < 4.78 is 27.0. The van der Waals surface area contributed by atoms with Crippen LogP contribution in [-0.2, 0) is 22.9 Å². The first-order valence-corrected chi connectivity index (χ1v) is 8.10. The molecule has 0 aliphatic carbocycles. The lowest BCUT2D eigenvalue weighted by molar-refractivity contribution is 0.601. The second-order valence-electron chi connectivity index (χ2n) is 4.51. The second-order valence-corrected chi connectivity index (χ2v) is 6.19. The third-order valence-electron chi connectivity index (χ3n) is 3.11. The van der Waals surface area contributed by atoms with Gasteiger partial charge in [0.05, 0.1) is 4.90 Å². The van der Waals surface area contributed by atoms with Crippen LogP contribution in [-0.4, -0.2) is 13.4 Å². The summed E-state index contributed by atoms with van der Waals surface area (Å²) in [6.07, 6.45) is 3.33. The van der Waals surface area contributed by atoms with Crippen LogP contribution in [0.15, 0.2) is 47.5 Å². The van der Waals surface area contributed by atoms with Crippen LogP contribution in [0.4, 0.5) is 5.82 Å². The molecule has 0 bridgehead atoms.